The van der Waals surface area contributed by atoms with Crippen LogP contribution >= 0.6 is 15.9 Å². The van der Waals surface area contributed by atoms with Gasteiger partial charge >= 0.3 is 0 Å². The van der Waals surface area contributed by atoms with Gasteiger partial charge in [-0.25, -0.2) is 4.98 Å². The van der Waals surface area contributed by atoms with Crippen LogP contribution in [0.4, 0.5) is 5.82 Å². The highest BCUT2D eigenvalue weighted by atomic mass is 79.9. The lowest BCUT2D eigenvalue weighted by Gasteiger charge is -2.36. The first-order valence-electron chi connectivity index (χ1n) is 7.77. The minimum absolute atomic E-state index is 0.250. The Morgan fingerprint density at radius 2 is 1.78 bits per heavy atom. The van der Waals surface area contributed by atoms with Crippen LogP contribution in [0.3, 0.4) is 0 Å². The van der Waals surface area contributed by atoms with Crippen LogP contribution in [0.5, 0.6) is 0 Å². The number of morpholine rings is 1. The van der Waals surface area contributed by atoms with Crippen LogP contribution in [0.25, 0.3) is 0 Å². The summed E-state index contributed by atoms with van der Waals surface area (Å²) >= 11 is 3.36. The molecule has 0 spiro atoms. The third-order valence-electron chi connectivity index (χ3n) is 4.16. The quantitative estimate of drug-likeness (QED) is 0.818. The van der Waals surface area contributed by atoms with Gasteiger partial charge in [-0.3, -0.25) is 0 Å². The number of nitrogens with zero attached hydrogens (tertiary/aromatic N) is 3. The zero-order chi connectivity index (χ0) is 16.3. The van der Waals surface area contributed by atoms with Gasteiger partial charge in [-0.1, -0.05) is 0 Å². The Morgan fingerprint density at radius 3 is 2.39 bits per heavy atom. The number of aromatic nitrogens is 1. The fourth-order valence-electron chi connectivity index (χ4n) is 2.84. The van der Waals surface area contributed by atoms with E-state index in [1.165, 1.54) is 4.31 Å². The molecule has 0 atom stereocenters. The summed E-state index contributed by atoms with van der Waals surface area (Å²) in [6, 6.07) is 4.11. The zero-order valence-corrected chi connectivity index (χ0v) is 15.2. The lowest BCUT2D eigenvalue weighted by atomic mass is 10.1. The van der Waals surface area contributed by atoms with Crippen molar-refractivity contribution in [3.63, 3.8) is 0 Å². The van der Waals surface area contributed by atoms with Crippen molar-refractivity contribution in [2.45, 2.75) is 18.9 Å². The van der Waals surface area contributed by atoms with Crippen molar-refractivity contribution in [2.24, 2.45) is 0 Å². The molecular weight excluding hydrogens is 384 g/mol. The highest BCUT2D eigenvalue weighted by molar-refractivity contribution is 9.10. The number of halogens is 1. The molecule has 0 unspecified atom stereocenters. The summed E-state index contributed by atoms with van der Waals surface area (Å²) in [6.07, 6.45) is 3.31. The van der Waals surface area contributed by atoms with Gasteiger partial charge < -0.3 is 10.1 Å². The summed E-state index contributed by atoms with van der Waals surface area (Å²) in [6.45, 7) is 2.92. The maximum absolute atomic E-state index is 12.6. The van der Waals surface area contributed by atoms with Crippen LogP contribution in [-0.4, -0.2) is 67.4 Å². The molecule has 2 aliphatic heterocycles. The van der Waals surface area contributed by atoms with E-state index in [-0.39, 0.29) is 6.04 Å². The lowest BCUT2D eigenvalue weighted by molar-refractivity contribution is 0.0697. The molecule has 3 heterocycles. The van der Waals surface area contributed by atoms with E-state index in [9.17, 15) is 8.42 Å². The molecule has 128 valence electrons. The zero-order valence-electron chi connectivity index (χ0n) is 12.8. The Morgan fingerprint density at radius 1 is 1.13 bits per heavy atom. The monoisotopic (exact) mass is 404 g/mol. The van der Waals surface area contributed by atoms with Crippen LogP contribution in [0.1, 0.15) is 12.8 Å². The number of hydrogen-bond donors (Lipinski definition) is 1. The second kappa shape index (κ2) is 7.43. The molecule has 7 nitrogen and oxygen atoms in total. The van der Waals surface area contributed by atoms with Crippen molar-refractivity contribution < 1.29 is 13.2 Å². The summed E-state index contributed by atoms with van der Waals surface area (Å²) < 4.78 is 34.5. The first kappa shape index (κ1) is 17.1. The fourth-order valence-corrected chi connectivity index (χ4v) is 4.69. The van der Waals surface area contributed by atoms with E-state index in [1.807, 2.05) is 12.1 Å². The van der Waals surface area contributed by atoms with E-state index < -0.39 is 10.2 Å². The SMILES string of the molecule is O=S(=O)(N1CCOCC1)N1CCC(Nc2ccc(Br)cn2)CC1. The van der Waals surface area contributed by atoms with Crippen molar-refractivity contribution >= 4 is 32.0 Å². The van der Waals surface area contributed by atoms with Gasteiger partial charge in [0.05, 0.1) is 13.2 Å². The Balaban J connectivity index is 1.54. The minimum atomic E-state index is -3.35. The molecule has 1 N–H and O–H groups in total. The Labute approximate surface area is 145 Å². The topological polar surface area (TPSA) is 74.8 Å². The highest BCUT2D eigenvalue weighted by Crippen LogP contribution is 2.20. The van der Waals surface area contributed by atoms with Crippen LogP contribution in [0.15, 0.2) is 22.8 Å². The average Bonchev–Trinajstić information content (AvgIpc) is 2.58. The molecule has 9 heteroatoms. The molecule has 23 heavy (non-hydrogen) atoms. The second-order valence-corrected chi connectivity index (χ2v) is 8.54. The summed E-state index contributed by atoms with van der Waals surface area (Å²) in [7, 11) is -3.35. The van der Waals surface area contributed by atoms with Gasteiger partial charge in [0.1, 0.15) is 5.82 Å². The van der Waals surface area contributed by atoms with Crippen molar-refractivity contribution in [3.8, 4) is 0 Å². The van der Waals surface area contributed by atoms with Gasteiger partial charge in [0.15, 0.2) is 0 Å². The molecule has 0 saturated carbocycles. The largest absolute Gasteiger partial charge is 0.379 e. The molecule has 0 amide bonds. The van der Waals surface area contributed by atoms with Gasteiger partial charge in [-0.05, 0) is 40.9 Å². The predicted molar refractivity (Wildman–Crippen MR) is 91.5 cm³/mol. The Hall–Kier alpha value is -0.740. The Bertz CT molecular complexity index is 611. The van der Waals surface area contributed by atoms with Crippen molar-refractivity contribution in [3.05, 3.63) is 22.8 Å². The van der Waals surface area contributed by atoms with Crippen molar-refractivity contribution in [1.82, 2.24) is 13.6 Å². The summed E-state index contributed by atoms with van der Waals surface area (Å²) in [5.41, 5.74) is 0. The summed E-state index contributed by atoms with van der Waals surface area (Å²) in [5.74, 6) is 0.822. The molecule has 0 aromatic carbocycles. The number of pyridine rings is 1. The first-order chi connectivity index (χ1) is 11.1. The second-order valence-electron chi connectivity index (χ2n) is 5.70. The van der Waals surface area contributed by atoms with Crippen LogP contribution in [0, 0.1) is 0 Å². The maximum atomic E-state index is 12.6. The smallest absolute Gasteiger partial charge is 0.282 e. The van der Waals surface area contributed by atoms with Gasteiger partial charge in [-0.15, -0.1) is 0 Å². The molecule has 3 rings (SSSR count). The molecule has 0 bridgehead atoms. The third-order valence-corrected chi connectivity index (χ3v) is 6.66. The number of anilines is 1. The lowest BCUT2D eigenvalue weighted by Crippen LogP contribution is -2.51. The van der Waals surface area contributed by atoms with E-state index in [4.69, 9.17) is 4.74 Å². The maximum Gasteiger partial charge on any atom is 0.282 e. The molecular formula is C14H21BrN4O3S. The number of nitrogens with one attached hydrogen (secondary N) is 1. The molecule has 2 aliphatic rings. The highest BCUT2D eigenvalue weighted by Gasteiger charge is 2.33. The van der Waals surface area contributed by atoms with Crippen molar-refractivity contribution in [1.29, 1.82) is 0 Å². The molecule has 0 radical (unpaired) electrons. The van der Waals surface area contributed by atoms with Crippen molar-refractivity contribution in [2.75, 3.05) is 44.7 Å². The number of ether oxygens (including phenoxy) is 1. The normalized spacial score (nSPS) is 22.1. The van der Waals surface area contributed by atoms with Crippen LogP contribution < -0.4 is 5.32 Å². The number of piperidine rings is 1. The van der Waals surface area contributed by atoms with Crippen LogP contribution in [0.2, 0.25) is 0 Å². The molecule has 1 aromatic heterocycles. The van der Waals surface area contributed by atoms with E-state index in [0.717, 1.165) is 23.1 Å². The Kier molecular flexibility index (Phi) is 5.53. The van der Waals surface area contributed by atoms with E-state index in [0.29, 0.717) is 39.4 Å². The van der Waals surface area contributed by atoms with E-state index in [1.54, 1.807) is 10.5 Å². The average molecular weight is 405 g/mol. The van der Waals surface area contributed by atoms with Gasteiger partial charge in [0.2, 0.25) is 0 Å². The molecule has 1 aromatic rings. The van der Waals surface area contributed by atoms with E-state index >= 15 is 0 Å². The standard InChI is InChI=1S/C14H21BrN4O3S/c15-12-1-2-14(16-11-12)17-13-3-5-18(6-4-13)23(20,21)19-7-9-22-10-8-19/h1-2,11,13H,3-10H2,(H,16,17). The third kappa shape index (κ3) is 4.21. The van der Waals surface area contributed by atoms with Gasteiger partial charge in [0, 0.05) is 42.9 Å². The van der Waals surface area contributed by atoms with Gasteiger partial charge in [-0.2, -0.15) is 17.0 Å². The summed E-state index contributed by atoms with van der Waals surface area (Å²) in [5, 5.41) is 3.37. The first-order valence-corrected chi connectivity index (χ1v) is 9.96. The number of rotatable bonds is 4. The van der Waals surface area contributed by atoms with Gasteiger partial charge in [0.25, 0.3) is 10.2 Å². The number of hydrogen-bond acceptors (Lipinski definition) is 5. The molecule has 2 saturated heterocycles. The van der Waals surface area contributed by atoms with E-state index in [2.05, 4.69) is 26.2 Å². The van der Waals surface area contributed by atoms with Crippen LogP contribution in [-0.2, 0) is 14.9 Å². The predicted octanol–water partition coefficient (Wildman–Crippen LogP) is 1.30. The fraction of sp³-hybridized carbons (Fsp3) is 0.643. The minimum Gasteiger partial charge on any atom is -0.379 e. The molecule has 2 fully saturated rings. The summed E-state index contributed by atoms with van der Waals surface area (Å²) in [4.78, 5) is 4.30. The molecule has 0 aliphatic carbocycles.